The van der Waals surface area contributed by atoms with Gasteiger partial charge in [0, 0.05) is 6.04 Å². The lowest BCUT2D eigenvalue weighted by atomic mass is 10.1. The molecule has 0 saturated carbocycles. The molecule has 1 nitrogen and oxygen atoms in total. The number of likely N-dealkylation sites (N-methyl/N-ethyl adjacent to an activating group) is 1. The maximum absolute atomic E-state index is 12.5. The molecule has 0 heterocycles. The number of hydrogen-bond acceptors (Lipinski definition) is 1. The summed E-state index contributed by atoms with van der Waals surface area (Å²) in [6.07, 6.45) is 0.941. The molecule has 1 aromatic rings. The van der Waals surface area contributed by atoms with Gasteiger partial charge in [-0.15, -0.1) is 12.4 Å². The van der Waals surface area contributed by atoms with Gasteiger partial charge in [-0.1, -0.05) is 12.1 Å². The van der Waals surface area contributed by atoms with Gasteiger partial charge in [0.1, 0.15) is 5.82 Å². The first kappa shape index (κ1) is 12.4. The first-order valence-electron chi connectivity index (χ1n) is 4.14. The summed E-state index contributed by atoms with van der Waals surface area (Å²) in [6, 6.07) is 7.08. The molecule has 0 bridgehead atoms. The minimum absolute atomic E-state index is 0. The van der Waals surface area contributed by atoms with Crippen molar-refractivity contribution >= 4 is 12.4 Å². The van der Waals surface area contributed by atoms with Crippen molar-refractivity contribution in [3.05, 3.63) is 35.6 Å². The lowest BCUT2D eigenvalue weighted by molar-refractivity contribution is 0.603. The molecular formula is C10H15ClFN. The van der Waals surface area contributed by atoms with E-state index in [-0.39, 0.29) is 18.2 Å². The van der Waals surface area contributed by atoms with E-state index in [4.69, 9.17) is 0 Å². The normalized spacial score (nSPS) is 11.9. The van der Waals surface area contributed by atoms with Crippen molar-refractivity contribution in [1.29, 1.82) is 0 Å². The zero-order valence-corrected chi connectivity index (χ0v) is 8.70. The van der Waals surface area contributed by atoms with E-state index in [1.54, 1.807) is 0 Å². The standard InChI is InChI=1S/C10H14FN.ClH/c1-8(12-2)7-9-3-5-10(11)6-4-9;/h3-6,8,12H,7H2,1-2H3;1H. The van der Waals surface area contributed by atoms with Gasteiger partial charge in [0.25, 0.3) is 0 Å². The number of benzene rings is 1. The highest BCUT2D eigenvalue weighted by Crippen LogP contribution is 2.05. The van der Waals surface area contributed by atoms with Crippen LogP contribution in [-0.2, 0) is 6.42 Å². The van der Waals surface area contributed by atoms with E-state index in [1.807, 2.05) is 19.2 Å². The molecule has 3 heteroatoms. The second-order valence-corrected chi connectivity index (χ2v) is 3.02. The van der Waals surface area contributed by atoms with E-state index in [2.05, 4.69) is 12.2 Å². The van der Waals surface area contributed by atoms with Crippen LogP contribution in [0.25, 0.3) is 0 Å². The summed E-state index contributed by atoms with van der Waals surface area (Å²) >= 11 is 0. The van der Waals surface area contributed by atoms with Gasteiger partial charge >= 0.3 is 0 Å². The van der Waals surface area contributed by atoms with Crippen molar-refractivity contribution in [3.8, 4) is 0 Å². The van der Waals surface area contributed by atoms with Crippen LogP contribution in [0.1, 0.15) is 12.5 Å². The van der Waals surface area contributed by atoms with Crippen LogP contribution in [0.3, 0.4) is 0 Å². The second-order valence-electron chi connectivity index (χ2n) is 3.02. The Hall–Kier alpha value is -0.600. The molecule has 0 aliphatic rings. The highest BCUT2D eigenvalue weighted by molar-refractivity contribution is 5.85. The number of nitrogens with one attached hydrogen (secondary N) is 1. The molecule has 0 fully saturated rings. The predicted molar refractivity (Wildman–Crippen MR) is 55.9 cm³/mol. The molecule has 0 radical (unpaired) electrons. The Morgan fingerprint density at radius 3 is 2.31 bits per heavy atom. The van der Waals surface area contributed by atoms with E-state index in [0.717, 1.165) is 6.42 Å². The number of rotatable bonds is 3. The summed E-state index contributed by atoms with van der Waals surface area (Å²) in [6.45, 7) is 2.10. The molecule has 0 amide bonds. The smallest absolute Gasteiger partial charge is 0.123 e. The summed E-state index contributed by atoms with van der Waals surface area (Å²) in [7, 11) is 1.92. The third-order valence-electron chi connectivity index (χ3n) is 1.95. The zero-order valence-electron chi connectivity index (χ0n) is 7.88. The summed E-state index contributed by atoms with van der Waals surface area (Å²) in [5.41, 5.74) is 1.17. The average Bonchev–Trinajstić information content (AvgIpc) is 2.09. The Bertz CT molecular complexity index is 235. The topological polar surface area (TPSA) is 12.0 Å². The minimum Gasteiger partial charge on any atom is -0.317 e. The van der Waals surface area contributed by atoms with E-state index >= 15 is 0 Å². The summed E-state index contributed by atoms with van der Waals surface area (Å²) < 4.78 is 12.5. The van der Waals surface area contributed by atoms with Gasteiger partial charge in [0.2, 0.25) is 0 Å². The van der Waals surface area contributed by atoms with Crippen molar-refractivity contribution in [1.82, 2.24) is 5.32 Å². The lowest BCUT2D eigenvalue weighted by Crippen LogP contribution is -2.23. The molecule has 1 unspecified atom stereocenters. The quantitative estimate of drug-likeness (QED) is 0.796. The molecular weight excluding hydrogens is 189 g/mol. The summed E-state index contributed by atoms with van der Waals surface area (Å²) in [5.74, 6) is -0.170. The van der Waals surface area contributed by atoms with E-state index in [9.17, 15) is 4.39 Å². The Labute approximate surface area is 84.8 Å². The monoisotopic (exact) mass is 203 g/mol. The van der Waals surface area contributed by atoms with Gasteiger partial charge in [-0.3, -0.25) is 0 Å². The Morgan fingerprint density at radius 1 is 1.31 bits per heavy atom. The molecule has 0 aliphatic carbocycles. The maximum atomic E-state index is 12.5. The SMILES string of the molecule is CNC(C)Cc1ccc(F)cc1.Cl. The first-order chi connectivity index (χ1) is 5.72. The van der Waals surface area contributed by atoms with Crippen LogP contribution in [0.15, 0.2) is 24.3 Å². The highest BCUT2D eigenvalue weighted by atomic mass is 35.5. The fourth-order valence-electron chi connectivity index (χ4n) is 1.08. The molecule has 74 valence electrons. The van der Waals surface area contributed by atoms with E-state index < -0.39 is 0 Å². The molecule has 0 saturated heterocycles. The molecule has 13 heavy (non-hydrogen) atoms. The van der Waals surface area contributed by atoms with Crippen molar-refractivity contribution in [2.75, 3.05) is 7.05 Å². The van der Waals surface area contributed by atoms with Crippen LogP contribution in [0.5, 0.6) is 0 Å². The molecule has 1 N–H and O–H groups in total. The van der Waals surface area contributed by atoms with Crippen LogP contribution in [0, 0.1) is 5.82 Å². The Kier molecular flexibility index (Phi) is 5.67. The second kappa shape index (κ2) is 5.95. The third kappa shape index (κ3) is 4.25. The van der Waals surface area contributed by atoms with Crippen LogP contribution in [0.4, 0.5) is 4.39 Å². The number of halogens is 2. The number of hydrogen-bond donors (Lipinski definition) is 1. The largest absolute Gasteiger partial charge is 0.317 e. The van der Waals surface area contributed by atoms with Gasteiger partial charge in [0.15, 0.2) is 0 Å². The fraction of sp³-hybridized carbons (Fsp3) is 0.400. The van der Waals surface area contributed by atoms with Crippen molar-refractivity contribution < 1.29 is 4.39 Å². The summed E-state index contributed by atoms with van der Waals surface area (Å²) in [5, 5.41) is 3.13. The van der Waals surface area contributed by atoms with E-state index in [0.29, 0.717) is 6.04 Å². The third-order valence-corrected chi connectivity index (χ3v) is 1.95. The summed E-state index contributed by atoms with van der Waals surface area (Å²) in [4.78, 5) is 0. The first-order valence-corrected chi connectivity index (χ1v) is 4.14. The molecule has 0 aliphatic heterocycles. The molecule has 1 aromatic carbocycles. The van der Waals surface area contributed by atoms with Crippen molar-refractivity contribution in [3.63, 3.8) is 0 Å². The predicted octanol–water partition coefficient (Wildman–Crippen LogP) is 2.40. The van der Waals surface area contributed by atoms with Crippen LogP contribution < -0.4 is 5.32 Å². The molecule has 1 rings (SSSR count). The highest BCUT2D eigenvalue weighted by Gasteiger charge is 1.99. The van der Waals surface area contributed by atoms with Gasteiger partial charge in [-0.2, -0.15) is 0 Å². The lowest BCUT2D eigenvalue weighted by Gasteiger charge is -2.09. The maximum Gasteiger partial charge on any atom is 0.123 e. The van der Waals surface area contributed by atoms with Crippen LogP contribution >= 0.6 is 12.4 Å². The van der Waals surface area contributed by atoms with Crippen molar-refractivity contribution in [2.45, 2.75) is 19.4 Å². The van der Waals surface area contributed by atoms with Crippen LogP contribution in [0.2, 0.25) is 0 Å². The molecule has 1 atom stereocenters. The van der Waals surface area contributed by atoms with Crippen LogP contribution in [-0.4, -0.2) is 13.1 Å². The minimum atomic E-state index is -0.170. The van der Waals surface area contributed by atoms with Gasteiger partial charge < -0.3 is 5.32 Å². The zero-order chi connectivity index (χ0) is 8.97. The van der Waals surface area contributed by atoms with E-state index in [1.165, 1.54) is 17.7 Å². The Balaban J connectivity index is 0.00000144. The molecule has 0 spiro atoms. The van der Waals surface area contributed by atoms with Gasteiger partial charge in [-0.05, 0) is 38.1 Å². The van der Waals surface area contributed by atoms with Gasteiger partial charge in [-0.25, -0.2) is 4.39 Å². The van der Waals surface area contributed by atoms with Crippen molar-refractivity contribution in [2.24, 2.45) is 0 Å². The molecule has 0 aromatic heterocycles. The van der Waals surface area contributed by atoms with Gasteiger partial charge in [0.05, 0.1) is 0 Å². The Morgan fingerprint density at radius 2 is 1.85 bits per heavy atom. The fourth-order valence-corrected chi connectivity index (χ4v) is 1.08. The average molecular weight is 204 g/mol.